The lowest BCUT2D eigenvalue weighted by molar-refractivity contribution is 0.102. The molecule has 0 bridgehead atoms. The molecule has 0 atom stereocenters. The summed E-state index contributed by atoms with van der Waals surface area (Å²) in [5.74, 6) is 0.500. The lowest BCUT2D eigenvalue weighted by Gasteiger charge is -2.30. The van der Waals surface area contributed by atoms with Crippen LogP contribution >= 0.6 is 0 Å². The normalized spacial score (nSPS) is 17.6. The molecule has 0 unspecified atom stereocenters. The third-order valence-corrected chi connectivity index (χ3v) is 4.71. The SMILES string of the molecule is O=C(Nc1ccccc1N1CCOCC1)c1cnc(N2CCOCC2)cn1. The van der Waals surface area contributed by atoms with Gasteiger partial charge < -0.3 is 24.6 Å². The van der Waals surface area contributed by atoms with Crippen LogP contribution in [-0.4, -0.2) is 68.5 Å². The molecule has 1 N–H and O–H groups in total. The van der Waals surface area contributed by atoms with E-state index in [4.69, 9.17) is 9.47 Å². The number of nitrogens with one attached hydrogen (secondary N) is 1. The minimum absolute atomic E-state index is 0.267. The zero-order chi connectivity index (χ0) is 18.5. The van der Waals surface area contributed by atoms with Crippen molar-refractivity contribution in [2.75, 3.05) is 67.7 Å². The number of rotatable bonds is 4. The molecule has 4 rings (SSSR count). The minimum Gasteiger partial charge on any atom is -0.378 e. The average Bonchev–Trinajstić information content (AvgIpc) is 2.75. The molecule has 0 saturated carbocycles. The topological polar surface area (TPSA) is 79.8 Å². The fraction of sp³-hybridized carbons (Fsp3) is 0.421. The van der Waals surface area contributed by atoms with E-state index in [0.29, 0.717) is 32.1 Å². The summed E-state index contributed by atoms with van der Waals surface area (Å²) in [7, 11) is 0. The number of benzene rings is 1. The van der Waals surface area contributed by atoms with Crippen LogP contribution < -0.4 is 15.1 Å². The number of para-hydroxylation sites is 2. The molecule has 2 saturated heterocycles. The lowest BCUT2D eigenvalue weighted by atomic mass is 10.2. The van der Waals surface area contributed by atoms with Crippen molar-refractivity contribution >= 4 is 23.1 Å². The molecule has 0 radical (unpaired) electrons. The third-order valence-electron chi connectivity index (χ3n) is 4.71. The Morgan fingerprint density at radius 3 is 2.22 bits per heavy atom. The molecule has 142 valence electrons. The first kappa shape index (κ1) is 17.7. The van der Waals surface area contributed by atoms with Crippen LogP contribution in [0.25, 0.3) is 0 Å². The third kappa shape index (κ3) is 4.17. The Kier molecular flexibility index (Phi) is 5.45. The van der Waals surface area contributed by atoms with Gasteiger partial charge in [-0.2, -0.15) is 0 Å². The van der Waals surface area contributed by atoms with Gasteiger partial charge in [-0.25, -0.2) is 9.97 Å². The minimum atomic E-state index is -0.267. The van der Waals surface area contributed by atoms with E-state index in [0.717, 1.165) is 43.4 Å². The van der Waals surface area contributed by atoms with Crippen molar-refractivity contribution in [2.45, 2.75) is 0 Å². The van der Waals surface area contributed by atoms with E-state index < -0.39 is 0 Å². The molecule has 0 aliphatic carbocycles. The number of ether oxygens (including phenoxy) is 2. The van der Waals surface area contributed by atoms with Gasteiger partial charge in [0.25, 0.3) is 5.91 Å². The standard InChI is InChI=1S/C19H23N5O3/c25-19(16-13-21-18(14-20-16)24-7-11-27-12-8-24)22-15-3-1-2-4-17(15)23-5-9-26-10-6-23/h1-4,13-14H,5-12H2,(H,22,25). The first-order chi connectivity index (χ1) is 13.3. The van der Waals surface area contributed by atoms with E-state index in [1.54, 1.807) is 6.20 Å². The quantitative estimate of drug-likeness (QED) is 0.873. The Morgan fingerprint density at radius 1 is 0.889 bits per heavy atom. The van der Waals surface area contributed by atoms with E-state index >= 15 is 0 Å². The summed E-state index contributed by atoms with van der Waals surface area (Å²) in [6.45, 7) is 5.93. The maximum absolute atomic E-state index is 12.6. The van der Waals surface area contributed by atoms with Gasteiger partial charge in [0.1, 0.15) is 11.5 Å². The molecule has 2 aromatic rings. The second-order valence-corrected chi connectivity index (χ2v) is 6.43. The zero-order valence-corrected chi connectivity index (χ0v) is 15.1. The maximum Gasteiger partial charge on any atom is 0.275 e. The molecule has 27 heavy (non-hydrogen) atoms. The van der Waals surface area contributed by atoms with Gasteiger partial charge in [-0.1, -0.05) is 12.1 Å². The van der Waals surface area contributed by atoms with Crippen LogP contribution in [0.2, 0.25) is 0 Å². The highest BCUT2D eigenvalue weighted by Gasteiger charge is 2.18. The predicted molar refractivity (Wildman–Crippen MR) is 102 cm³/mol. The first-order valence-electron chi connectivity index (χ1n) is 9.19. The van der Waals surface area contributed by atoms with E-state index in [1.165, 1.54) is 6.20 Å². The number of morpholine rings is 2. The monoisotopic (exact) mass is 369 g/mol. The molecule has 8 nitrogen and oxygen atoms in total. The number of anilines is 3. The number of hydrogen-bond donors (Lipinski definition) is 1. The van der Waals surface area contributed by atoms with Crippen LogP contribution in [0, 0.1) is 0 Å². The summed E-state index contributed by atoms with van der Waals surface area (Å²) >= 11 is 0. The van der Waals surface area contributed by atoms with Crippen LogP contribution in [0.5, 0.6) is 0 Å². The Balaban J connectivity index is 1.46. The molecule has 1 aromatic carbocycles. The Bertz CT molecular complexity index is 771. The van der Waals surface area contributed by atoms with Gasteiger partial charge in [-0.05, 0) is 12.1 Å². The van der Waals surface area contributed by atoms with Gasteiger partial charge in [0.15, 0.2) is 0 Å². The first-order valence-corrected chi connectivity index (χ1v) is 9.19. The second-order valence-electron chi connectivity index (χ2n) is 6.43. The molecule has 2 aliphatic rings. The van der Waals surface area contributed by atoms with Crippen molar-refractivity contribution in [3.63, 3.8) is 0 Å². The zero-order valence-electron chi connectivity index (χ0n) is 15.1. The van der Waals surface area contributed by atoms with E-state index in [-0.39, 0.29) is 5.91 Å². The molecule has 1 aromatic heterocycles. The van der Waals surface area contributed by atoms with Gasteiger partial charge in [0, 0.05) is 26.2 Å². The van der Waals surface area contributed by atoms with E-state index in [1.807, 2.05) is 24.3 Å². The second kappa shape index (κ2) is 8.32. The van der Waals surface area contributed by atoms with Gasteiger partial charge in [0.2, 0.25) is 0 Å². The summed E-state index contributed by atoms with van der Waals surface area (Å²) in [6.07, 6.45) is 3.17. The highest BCUT2D eigenvalue weighted by molar-refractivity contribution is 6.04. The molecule has 1 amide bonds. The number of amides is 1. The molecule has 2 aliphatic heterocycles. The van der Waals surface area contributed by atoms with Crippen LogP contribution in [0.3, 0.4) is 0 Å². The number of hydrogen-bond acceptors (Lipinski definition) is 7. The van der Waals surface area contributed by atoms with Crippen molar-refractivity contribution in [1.29, 1.82) is 0 Å². The molecule has 2 fully saturated rings. The van der Waals surface area contributed by atoms with Gasteiger partial charge in [-0.15, -0.1) is 0 Å². The summed E-state index contributed by atoms with van der Waals surface area (Å²) in [6, 6.07) is 7.79. The van der Waals surface area contributed by atoms with Crippen molar-refractivity contribution in [1.82, 2.24) is 9.97 Å². The fourth-order valence-corrected chi connectivity index (χ4v) is 3.24. The van der Waals surface area contributed by atoms with Crippen molar-refractivity contribution in [3.05, 3.63) is 42.4 Å². The highest BCUT2D eigenvalue weighted by Crippen LogP contribution is 2.26. The number of carbonyl (C=O) groups excluding carboxylic acids is 1. The Morgan fingerprint density at radius 2 is 1.56 bits per heavy atom. The fourth-order valence-electron chi connectivity index (χ4n) is 3.24. The Hall–Kier alpha value is -2.71. The summed E-state index contributed by atoms with van der Waals surface area (Å²) in [4.78, 5) is 25.7. The van der Waals surface area contributed by atoms with Crippen molar-refractivity contribution in [2.24, 2.45) is 0 Å². The molecule has 3 heterocycles. The van der Waals surface area contributed by atoms with Crippen LogP contribution in [-0.2, 0) is 9.47 Å². The van der Waals surface area contributed by atoms with Gasteiger partial charge in [-0.3, -0.25) is 4.79 Å². The molecular weight excluding hydrogens is 346 g/mol. The van der Waals surface area contributed by atoms with Crippen molar-refractivity contribution < 1.29 is 14.3 Å². The Labute approximate surface area is 158 Å². The number of nitrogens with zero attached hydrogens (tertiary/aromatic N) is 4. The van der Waals surface area contributed by atoms with Gasteiger partial charge in [0.05, 0.1) is 50.2 Å². The smallest absolute Gasteiger partial charge is 0.275 e. The van der Waals surface area contributed by atoms with Crippen LogP contribution in [0.15, 0.2) is 36.7 Å². The summed E-state index contributed by atoms with van der Waals surface area (Å²) in [5.41, 5.74) is 2.05. The molecule has 8 heteroatoms. The van der Waals surface area contributed by atoms with E-state index in [2.05, 4.69) is 25.1 Å². The van der Waals surface area contributed by atoms with Crippen LogP contribution in [0.4, 0.5) is 17.2 Å². The maximum atomic E-state index is 12.6. The predicted octanol–water partition coefficient (Wildman–Crippen LogP) is 1.40. The van der Waals surface area contributed by atoms with Gasteiger partial charge >= 0.3 is 0 Å². The highest BCUT2D eigenvalue weighted by atomic mass is 16.5. The average molecular weight is 369 g/mol. The summed E-state index contributed by atoms with van der Waals surface area (Å²) < 4.78 is 10.8. The number of aromatic nitrogens is 2. The molecular formula is C19H23N5O3. The largest absolute Gasteiger partial charge is 0.378 e. The van der Waals surface area contributed by atoms with Crippen LogP contribution in [0.1, 0.15) is 10.5 Å². The number of carbonyl (C=O) groups is 1. The van der Waals surface area contributed by atoms with Crippen molar-refractivity contribution in [3.8, 4) is 0 Å². The lowest BCUT2D eigenvalue weighted by Crippen LogP contribution is -2.37. The molecule has 0 spiro atoms. The summed E-state index contributed by atoms with van der Waals surface area (Å²) in [5, 5.41) is 2.97. The van der Waals surface area contributed by atoms with E-state index in [9.17, 15) is 4.79 Å².